The molecule has 1 N–H and O–H groups in total. The highest BCUT2D eigenvalue weighted by Gasteiger charge is 2.35. The Hall–Kier alpha value is -1.98. The molecule has 1 aromatic rings. The highest BCUT2D eigenvalue weighted by atomic mass is 19.1. The molecule has 1 aliphatic heterocycles. The summed E-state index contributed by atoms with van der Waals surface area (Å²) in [5.41, 5.74) is 0.0988. The van der Waals surface area contributed by atoms with E-state index in [0.29, 0.717) is 19.0 Å². The van der Waals surface area contributed by atoms with Crippen LogP contribution in [-0.2, 0) is 9.59 Å². The molecule has 1 fully saturated rings. The van der Waals surface area contributed by atoms with Crippen LogP contribution >= 0.6 is 0 Å². The Morgan fingerprint density at radius 1 is 1.35 bits per heavy atom. The minimum atomic E-state index is -0.660. The molecule has 1 aromatic carbocycles. The second kappa shape index (κ2) is 7.06. The van der Waals surface area contributed by atoms with Crippen LogP contribution in [0.5, 0.6) is 0 Å². The van der Waals surface area contributed by atoms with E-state index in [1.165, 1.54) is 0 Å². The summed E-state index contributed by atoms with van der Waals surface area (Å²) in [5.74, 6) is -1.57. The maximum atomic E-state index is 13.7. The molecule has 2 unspecified atom stereocenters. The van der Waals surface area contributed by atoms with Crippen LogP contribution in [0.15, 0.2) is 18.2 Å². The van der Waals surface area contributed by atoms with E-state index in [4.69, 9.17) is 0 Å². The van der Waals surface area contributed by atoms with Crippen LogP contribution in [0.1, 0.15) is 38.8 Å². The van der Waals surface area contributed by atoms with Gasteiger partial charge < -0.3 is 10.2 Å². The van der Waals surface area contributed by atoms with E-state index in [1.54, 1.807) is 11.8 Å². The first kappa shape index (κ1) is 17.4. The van der Waals surface area contributed by atoms with Crippen molar-refractivity contribution in [1.29, 1.82) is 0 Å². The van der Waals surface area contributed by atoms with Gasteiger partial charge in [0.2, 0.25) is 11.8 Å². The lowest BCUT2D eigenvalue weighted by Gasteiger charge is -2.20. The molecule has 6 heteroatoms. The van der Waals surface area contributed by atoms with Gasteiger partial charge in [-0.1, -0.05) is 13.8 Å². The van der Waals surface area contributed by atoms with Crippen molar-refractivity contribution in [2.45, 2.75) is 33.2 Å². The molecule has 23 heavy (non-hydrogen) atoms. The number of halogens is 2. The number of rotatable bonds is 5. The largest absolute Gasteiger partial charge is 0.349 e. The Balaban J connectivity index is 1.99. The Labute approximate surface area is 134 Å². The van der Waals surface area contributed by atoms with Gasteiger partial charge in [0.15, 0.2) is 0 Å². The molecule has 1 heterocycles. The summed E-state index contributed by atoms with van der Waals surface area (Å²) in [7, 11) is 0. The van der Waals surface area contributed by atoms with Gasteiger partial charge in [-0.2, -0.15) is 0 Å². The number of carbonyl (C=O) groups is 2. The molecule has 2 atom stereocenters. The fourth-order valence-corrected chi connectivity index (χ4v) is 2.82. The Morgan fingerprint density at radius 3 is 2.70 bits per heavy atom. The fourth-order valence-electron chi connectivity index (χ4n) is 2.82. The molecule has 4 nitrogen and oxygen atoms in total. The minimum Gasteiger partial charge on any atom is -0.349 e. The average Bonchev–Trinajstić information content (AvgIpc) is 2.82. The van der Waals surface area contributed by atoms with Crippen molar-refractivity contribution >= 4 is 11.8 Å². The third kappa shape index (κ3) is 4.27. The molecular weight excluding hydrogens is 302 g/mol. The summed E-state index contributed by atoms with van der Waals surface area (Å²) >= 11 is 0. The highest BCUT2D eigenvalue weighted by molar-refractivity contribution is 5.89. The maximum absolute atomic E-state index is 13.7. The molecule has 0 radical (unpaired) electrons. The quantitative estimate of drug-likeness (QED) is 0.905. The van der Waals surface area contributed by atoms with Crippen molar-refractivity contribution in [3.05, 3.63) is 35.4 Å². The van der Waals surface area contributed by atoms with Crippen LogP contribution < -0.4 is 5.32 Å². The van der Waals surface area contributed by atoms with Crippen LogP contribution in [0.2, 0.25) is 0 Å². The molecule has 2 rings (SSSR count). The summed E-state index contributed by atoms with van der Waals surface area (Å²) in [4.78, 5) is 25.9. The predicted octanol–water partition coefficient (Wildman–Crippen LogP) is 2.65. The van der Waals surface area contributed by atoms with Crippen molar-refractivity contribution < 1.29 is 18.4 Å². The summed E-state index contributed by atoms with van der Waals surface area (Å²) in [6.45, 7) is 6.61. The summed E-state index contributed by atoms with van der Waals surface area (Å²) in [6, 6.07) is 2.49. The number of hydrogen-bond donors (Lipinski definition) is 1. The minimum absolute atomic E-state index is 0.0385. The van der Waals surface area contributed by atoms with E-state index in [-0.39, 0.29) is 23.8 Å². The average molecular weight is 324 g/mol. The van der Waals surface area contributed by atoms with Gasteiger partial charge in [0.05, 0.1) is 12.0 Å². The molecule has 0 aliphatic carbocycles. The lowest BCUT2D eigenvalue weighted by atomic mass is 10.0. The summed E-state index contributed by atoms with van der Waals surface area (Å²) in [6.07, 6.45) is 0.164. The third-order valence-corrected chi connectivity index (χ3v) is 3.95. The van der Waals surface area contributed by atoms with Crippen molar-refractivity contribution in [3.8, 4) is 0 Å². The smallest absolute Gasteiger partial charge is 0.225 e. The van der Waals surface area contributed by atoms with E-state index in [1.807, 2.05) is 13.8 Å². The zero-order chi connectivity index (χ0) is 17.1. The van der Waals surface area contributed by atoms with Gasteiger partial charge in [0.1, 0.15) is 11.6 Å². The third-order valence-electron chi connectivity index (χ3n) is 3.95. The Bertz CT molecular complexity index is 604. The predicted molar refractivity (Wildman–Crippen MR) is 82.4 cm³/mol. The molecule has 1 saturated heterocycles. The van der Waals surface area contributed by atoms with Gasteiger partial charge >= 0.3 is 0 Å². The van der Waals surface area contributed by atoms with Crippen molar-refractivity contribution in [3.63, 3.8) is 0 Å². The molecule has 126 valence electrons. The Morgan fingerprint density at radius 2 is 2.04 bits per heavy atom. The van der Waals surface area contributed by atoms with E-state index in [0.717, 1.165) is 18.2 Å². The van der Waals surface area contributed by atoms with E-state index >= 15 is 0 Å². The number of hydrogen-bond acceptors (Lipinski definition) is 2. The summed E-state index contributed by atoms with van der Waals surface area (Å²) < 4.78 is 27.0. The molecule has 2 amide bonds. The molecular formula is C17H22F2N2O2. The number of nitrogens with zero attached hydrogens (tertiary/aromatic N) is 1. The van der Waals surface area contributed by atoms with E-state index in [2.05, 4.69) is 5.32 Å². The van der Waals surface area contributed by atoms with Crippen LogP contribution in [0, 0.1) is 23.5 Å². The number of carbonyl (C=O) groups excluding carboxylic acids is 2. The number of nitrogens with one attached hydrogen (secondary N) is 1. The maximum Gasteiger partial charge on any atom is 0.225 e. The fraction of sp³-hybridized carbons (Fsp3) is 0.529. The van der Waals surface area contributed by atoms with Crippen LogP contribution in [0.3, 0.4) is 0 Å². The van der Waals surface area contributed by atoms with Gasteiger partial charge in [0.25, 0.3) is 0 Å². The Kier molecular flexibility index (Phi) is 5.34. The molecule has 1 aliphatic rings. The van der Waals surface area contributed by atoms with Crippen LogP contribution in [0.4, 0.5) is 8.78 Å². The number of amides is 2. The lowest BCUT2D eigenvalue weighted by molar-refractivity contribution is -0.129. The molecule has 0 spiro atoms. The van der Waals surface area contributed by atoms with Gasteiger partial charge in [-0.3, -0.25) is 9.59 Å². The number of benzene rings is 1. The van der Waals surface area contributed by atoms with E-state index in [9.17, 15) is 18.4 Å². The lowest BCUT2D eigenvalue weighted by Crippen LogP contribution is -2.35. The second-order valence-corrected chi connectivity index (χ2v) is 6.49. The van der Waals surface area contributed by atoms with Crippen molar-refractivity contribution in [1.82, 2.24) is 10.2 Å². The number of likely N-dealkylation sites (tertiary alicyclic amines) is 1. The highest BCUT2D eigenvalue weighted by Crippen LogP contribution is 2.22. The summed E-state index contributed by atoms with van der Waals surface area (Å²) in [5, 5.41) is 2.68. The van der Waals surface area contributed by atoms with Gasteiger partial charge in [-0.25, -0.2) is 8.78 Å². The zero-order valence-corrected chi connectivity index (χ0v) is 13.6. The van der Waals surface area contributed by atoms with Gasteiger partial charge in [-0.05, 0) is 31.0 Å². The van der Waals surface area contributed by atoms with Crippen LogP contribution in [0.25, 0.3) is 0 Å². The van der Waals surface area contributed by atoms with Gasteiger partial charge in [0, 0.05) is 25.1 Å². The normalized spacial score (nSPS) is 19.3. The standard InChI is InChI=1S/C17H22F2N2O2/c1-10(2)8-21-9-12(6-16(21)22)17(23)20-11(3)14-7-13(18)4-5-15(14)19/h4-5,7,10-12H,6,8-9H2,1-3H3,(H,20,23). The SMILES string of the molecule is CC(C)CN1CC(C(=O)NC(C)c2cc(F)ccc2F)CC1=O. The van der Waals surface area contributed by atoms with Crippen molar-refractivity contribution in [2.75, 3.05) is 13.1 Å². The first-order valence-electron chi connectivity index (χ1n) is 7.81. The molecule has 0 saturated carbocycles. The monoisotopic (exact) mass is 324 g/mol. The topological polar surface area (TPSA) is 49.4 Å². The first-order valence-corrected chi connectivity index (χ1v) is 7.81. The van der Waals surface area contributed by atoms with Crippen LogP contribution in [-0.4, -0.2) is 29.8 Å². The van der Waals surface area contributed by atoms with Gasteiger partial charge in [-0.15, -0.1) is 0 Å². The first-order chi connectivity index (χ1) is 10.8. The van der Waals surface area contributed by atoms with Crippen molar-refractivity contribution in [2.24, 2.45) is 11.8 Å². The molecule has 0 aromatic heterocycles. The zero-order valence-electron chi connectivity index (χ0n) is 13.6. The second-order valence-electron chi connectivity index (χ2n) is 6.49. The molecule has 0 bridgehead atoms. The van der Waals surface area contributed by atoms with E-state index < -0.39 is 23.6 Å².